The van der Waals surface area contributed by atoms with E-state index in [-0.39, 0.29) is 0 Å². The number of halogens is 1. The van der Waals surface area contributed by atoms with Gasteiger partial charge in [0.25, 0.3) is 0 Å². The summed E-state index contributed by atoms with van der Waals surface area (Å²) in [6.07, 6.45) is 4.89. The van der Waals surface area contributed by atoms with Crippen LogP contribution in [-0.2, 0) is 9.47 Å². The third-order valence-electron chi connectivity index (χ3n) is 3.96. The quantitative estimate of drug-likeness (QED) is 0.550. The Morgan fingerprint density at radius 3 is 2.20 bits per heavy atom. The third-order valence-corrected chi connectivity index (χ3v) is 4.22. The highest BCUT2D eigenvalue weighted by molar-refractivity contribution is 6.30. The molecule has 25 heavy (non-hydrogen) atoms. The van der Waals surface area contributed by atoms with Gasteiger partial charge < -0.3 is 9.47 Å². The van der Waals surface area contributed by atoms with Crippen molar-refractivity contribution in [3.8, 4) is 23.0 Å². The normalized spacial score (nSPS) is 20.2. The van der Waals surface area contributed by atoms with Gasteiger partial charge in [0.15, 0.2) is 0 Å². The zero-order valence-corrected chi connectivity index (χ0v) is 15.0. The first-order valence-corrected chi connectivity index (χ1v) is 8.90. The Kier molecular flexibility index (Phi) is 6.30. The average molecular weight is 353 g/mol. The fourth-order valence-electron chi connectivity index (χ4n) is 2.57. The van der Waals surface area contributed by atoms with Crippen LogP contribution >= 0.6 is 11.6 Å². The Hall–Kier alpha value is -2.05. The lowest BCUT2D eigenvalue weighted by atomic mass is 10.0. The van der Waals surface area contributed by atoms with Crippen molar-refractivity contribution in [2.45, 2.75) is 19.6 Å². The molecular formula is C22H21ClO2. The summed E-state index contributed by atoms with van der Waals surface area (Å²) in [7, 11) is 0. The van der Waals surface area contributed by atoms with Gasteiger partial charge >= 0.3 is 0 Å². The van der Waals surface area contributed by atoms with Gasteiger partial charge in [-0.3, -0.25) is 0 Å². The minimum atomic E-state index is -0.442. The van der Waals surface area contributed by atoms with Crippen molar-refractivity contribution in [1.29, 1.82) is 0 Å². The summed E-state index contributed by atoms with van der Waals surface area (Å²) in [6, 6.07) is 15.9. The molecule has 3 heteroatoms. The molecule has 1 aliphatic heterocycles. The summed E-state index contributed by atoms with van der Waals surface area (Å²) in [5, 5.41) is 0.742. The number of hydrogen-bond donors (Lipinski definition) is 0. The zero-order valence-electron chi connectivity index (χ0n) is 14.2. The molecule has 2 aromatic carbocycles. The van der Waals surface area contributed by atoms with Crippen molar-refractivity contribution in [2.24, 2.45) is 5.92 Å². The fourth-order valence-corrected chi connectivity index (χ4v) is 2.70. The van der Waals surface area contributed by atoms with Crippen molar-refractivity contribution in [2.75, 3.05) is 13.2 Å². The van der Waals surface area contributed by atoms with E-state index in [0.29, 0.717) is 19.1 Å². The highest BCUT2D eigenvalue weighted by Crippen LogP contribution is 2.21. The molecule has 0 aliphatic carbocycles. The van der Waals surface area contributed by atoms with E-state index >= 15 is 0 Å². The van der Waals surface area contributed by atoms with Crippen LogP contribution in [0.2, 0.25) is 5.02 Å². The second-order valence-electron chi connectivity index (χ2n) is 5.95. The first-order valence-electron chi connectivity index (χ1n) is 8.52. The maximum absolute atomic E-state index is 5.93. The number of allylic oxidation sites excluding steroid dienone is 1. The molecule has 1 heterocycles. The van der Waals surface area contributed by atoms with Gasteiger partial charge in [0.05, 0.1) is 13.2 Å². The maximum atomic E-state index is 5.93. The van der Waals surface area contributed by atoms with E-state index in [9.17, 15) is 0 Å². The van der Waals surface area contributed by atoms with Crippen molar-refractivity contribution < 1.29 is 9.47 Å². The Morgan fingerprint density at radius 1 is 1.00 bits per heavy atom. The minimum absolute atomic E-state index is 0.330. The molecule has 1 saturated heterocycles. The molecule has 0 radical (unpaired) electrons. The number of ether oxygens (including phenoxy) is 2. The van der Waals surface area contributed by atoms with Crippen LogP contribution < -0.4 is 0 Å². The SMILES string of the molecule is CCC=CC1COC(C#Cc2ccc(-c3ccc(Cl)cc3)cc2)OC1. The smallest absolute Gasteiger partial charge is 0.222 e. The Labute approximate surface area is 154 Å². The molecule has 0 amide bonds. The Morgan fingerprint density at radius 2 is 1.60 bits per heavy atom. The Bertz CT molecular complexity index is 758. The van der Waals surface area contributed by atoms with E-state index in [0.717, 1.165) is 28.1 Å². The van der Waals surface area contributed by atoms with Crippen molar-refractivity contribution in [3.05, 3.63) is 71.3 Å². The van der Waals surface area contributed by atoms with Crippen molar-refractivity contribution >= 4 is 11.6 Å². The predicted octanol–water partition coefficient (Wildman–Crippen LogP) is 5.31. The molecular weight excluding hydrogens is 332 g/mol. The van der Waals surface area contributed by atoms with Crippen LogP contribution in [0.4, 0.5) is 0 Å². The molecule has 2 aromatic rings. The lowest BCUT2D eigenvalue weighted by molar-refractivity contribution is -0.160. The van der Waals surface area contributed by atoms with Gasteiger partial charge in [-0.1, -0.05) is 60.9 Å². The van der Waals surface area contributed by atoms with Crippen LogP contribution in [0, 0.1) is 17.8 Å². The monoisotopic (exact) mass is 352 g/mol. The van der Waals surface area contributed by atoms with E-state index in [1.807, 2.05) is 36.4 Å². The molecule has 128 valence electrons. The van der Waals surface area contributed by atoms with E-state index in [1.165, 1.54) is 0 Å². The van der Waals surface area contributed by atoms with E-state index in [2.05, 4.69) is 43.0 Å². The molecule has 0 bridgehead atoms. The zero-order chi connectivity index (χ0) is 17.5. The highest BCUT2D eigenvalue weighted by atomic mass is 35.5. The predicted molar refractivity (Wildman–Crippen MR) is 102 cm³/mol. The summed E-state index contributed by atoms with van der Waals surface area (Å²) in [5.41, 5.74) is 3.21. The maximum Gasteiger partial charge on any atom is 0.222 e. The number of rotatable bonds is 3. The lowest BCUT2D eigenvalue weighted by Crippen LogP contribution is -2.30. The third kappa shape index (κ3) is 5.21. The summed E-state index contributed by atoms with van der Waals surface area (Å²) in [4.78, 5) is 0. The van der Waals surface area contributed by atoms with Gasteiger partial charge in [0.2, 0.25) is 6.29 Å². The van der Waals surface area contributed by atoms with Crippen LogP contribution in [-0.4, -0.2) is 19.5 Å². The van der Waals surface area contributed by atoms with Gasteiger partial charge in [-0.15, -0.1) is 0 Å². The molecule has 2 nitrogen and oxygen atoms in total. The van der Waals surface area contributed by atoms with Crippen LogP contribution in [0.5, 0.6) is 0 Å². The molecule has 0 spiro atoms. The molecule has 1 fully saturated rings. The average Bonchev–Trinajstić information content (AvgIpc) is 2.67. The summed E-state index contributed by atoms with van der Waals surface area (Å²) in [5.74, 6) is 6.50. The fraction of sp³-hybridized carbons (Fsp3) is 0.273. The number of benzene rings is 2. The van der Waals surface area contributed by atoms with Gasteiger partial charge in [-0.05, 0) is 47.7 Å². The highest BCUT2D eigenvalue weighted by Gasteiger charge is 2.18. The van der Waals surface area contributed by atoms with E-state index in [4.69, 9.17) is 21.1 Å². The van der Waals surface area contributed by atoms with Crippen molar-refractivity contribution in [3.63, 3.8) is 0 Å². The molecule has 0 unspecified atom stereocenters. The van der Waals surface area contributed by atoms with Gasteiger partial charge in [0.1, 0.15) is 0 Å². The Balaban J connectivity index is 1.58. The summed E-state index contributed by atoms with van der Waals surface area (Å²) in [6.45, 7) is 3.43. The van der Waals surface area contributed by atoms with Crippen LogP contribution in [0.3, 0.4) is 0 Å². The molecule has 3 rings (SSSR count). The number of hydrogen-bond acceptors (Lipinski definition) is 2. The van der Waals surface area contributed by atoms with Crippen LogP contribution in [0.1, 0.15) is 18.9 Å². The summed E-state index contributed by atoms with van der Waals surface area (Å²) < 4.78 is 11.3. The van der Waals surface area contributed by atoms with Gasteiger partial charge in [-0.2, -0.15) is 0 Å². The van der Waals surface area contributed by atoms with Crippen LogP contribution in [0.25, 0.3) is 11.1 Å². The van der Waals surface area contributed by atoms with E-state index < -0.39 is 6.29 Å². The largest absolute Gasteiger partial charge is 0.341 e. The van der Waals surface area contributed by atoms with E-state index in [1.54, 1.807) is 0 Å². The molecule has 0 saturated carbocycles. The standard InChI is InChI=1S/C22H21ClO2/c1-2-3-4-18-15-24-22(25-16-18)14-7-17-5-8-19(9-6-17)20-10-12-21(23)13-11-20/h3-6,8-13,18,22H,2,15-16H2,1H3. The van der Waals surface area contributed by atoms with Gasteiger partial charge in [0, 0.05) is 16.5 Å². The van der Waals surface area contributed by atoms with Crippen molar-refractivity contribution in [1.82, 2.24) is 0 Å². The molecule has 0 aromatic heterocycles. The second kappa shape index (κ2) is 8.87. The minimum Gasteiger partial charge on any atom is -0.341 e. The molecule has 1 aliphatic rings. The second-order valence-corrected chi connectivity index (χ2v) is 6.39. The van der Waals surface area contributed by atoms with Crippen LogP contribution in [0.15, 0.2) is 60.7 Å². The molecule has 0 N–H and O–H groups in total. The van der Waals surface area contributed by atoms with Gasteiger partial charge in [-0.25, -0.2) is 0 Å². The summed E-state index contributed by atoms with van der Waals surface area (Å²) >= 11 is 5.93. The first kappa shape index (κ1) is 17.8. The molecule has 0 atom stereocenters. The first-order chi connectivity index (χ1) is 12.2. The lowest BCUT2D eigenvalue weighted by Gasteiger charge is -2.24. The topological polar surface area (TPSA) is 18.5 Å².